The van der Waals surface area contributed by atoms with Gasteiger partial charge in [0.2, 0.25) is 0 Å². The van der Waals surface area contributed by atoms with Gasteiger partial charge in [-0.25, -0.2) is 0 Å². The van der Waals surface area contributed by atoms with E-state index in [4.69, 9.17) is 9.47 Å². The van der Waals surface area contributed by atoms with Crippen LogP contribution in [0.15, 0.2) is 29.0 Å². The molecule has 2 aromatic rings. The highest BCUT2D eigenvalue weighted by atomic mass is 32.1. The van der Waals surface area contributed by atoms with Crippen LogP contribution in [-0.4, -0.2) is 36.7 Å². The van der Waals surface area contributed by atoms with Gasteiger partial charge >= 0.3 is 0 Å². The van der Waals surface area contributed by atoms with Crippen LogP contribution in [-0.2, 0) is 0 Å². The van der Waals surface area contributed by atoms with Crippen molar-refractivity contribution in [3.05, 3.63) is 50.2 Å². The van der Waals surface area contributed by atoms with Crippen molar-refractivity contribution in [1.82, 2.24) is 5.32 Å². The van der Waals surface area contributed by atoms with E-state index in [9.17, 15) is 20.0 Å². The largest absolute Gasteiger partial charge is 0.493 e. The van der Waals surface area contributed by atoms with Gasteiger partial charge in [0.25, 0.3) is 11.6 Å². The van der Waals surface area contributed by atoms with Crippen LogP contribution >= 0.6 is 11.3 Å². The number of hydrogen-bond donors (Lipinski definition) is 2. The van der Waals surface area contributed by atoms with E-state index in [1.54, 1.807) is 16.8 Å². The lowest BCUT2D eigenvalue weighted by atomic mass is 10.1. The van der Waals surface area contributed by atoms with Gasteiger partial charge in [-0.2, -0.15) is 11.3 Å². The summed E-state index contributed by atoms with van der Waals surface area (Å²) in [5.41, 5.74) is 0.0902. The Balaban J connectivity index is 2.22. The van der Waals surface area contributed by atoms with Crippen LogP contribution in [0.2, 0.25) is 0 Å². The number of carbonyl (C=O) groups excluding carboxylic acids is 1. The summed E-state index contributed by atoms with van der Waals surface area (Å²) in [6.45, 7) is -0.0684. The van der Waals surface area contributed by atoms with Gasteiger partial charge in [-0.3, -0.25) is 14.9 Å². The number of rotatable bonds is 7. The third-order valence-electron chi connectivity index (χ3n) is 3.33. The van der Waals surface area contributed by atoms with Gasteiger partial charge in [-0.15, -0.1) is 0 Å². The lowest BCUT2D eigenvalue weighted by molar-refractivity contribution is -0.385. The molecule has 1 aromatic heterocycles. The first-order chi connectivity index (χ1) is 11.5. The molecule has 1 atom stereocenters. The number of nitrogens with one attached hydrogen (secondary N) is 1. The van der Waals surface area contributed by atoms with E-state index >= 15 is 0 Å². The fourth-order valence-corrected chi connectivity index (χ4v) is 2.78. The normalized spacial score (nSPS) is 11.6. The van der Waals surface area contributed by atoms with Crippen LogP contribution in [0.3, 0.4) is 0 Å². The molecule has 1 unspecified atom stereocenters. The van der Waals surface area contributed by atoms with Crippen molar-refractivity contribution in [2.45, 2.75) is 6.10 Å². The third kappa shape index (κ3) is 3.81. The molecule has 0 aliphatic rings. The Morgan fingerprint density at radius 1 is 1.38 bits per heavy atom. The van der Waals surface area contributed by atoms with Crippen molar-refractivity contribution in [3.8, 4) is 11.5 Å². The minimum atomic E-state index is -0.889. The molecule has 1 aromatic carbocycles. The number of methoxy groups -OCH3 is 2. The molecule has 128 valence electrons. The zero-order valence-electron chi connectivity index (χ0n) is 13.0. The molecule has 24 heavy (non-hydrogen) atoms. The number of benzene rings is 1. The van der Waals surface area contributed by atoms with Crippen LogP contribution in [0, 0.1) is 10.1 Å². The number of carbonyl (C=O) groups is 1. The average molecular weight is 352 g/mol. The second-order valence-electron chi connectivity index (χ2n) is 4.76. The van der Waals surface area contributed by atoms with Crippen molar-refractivity contribution >= 4 is 22.9 Å². The van der Waals surface area contributed by atoms with E-state index in [0.717, 1.165) is 6.07 Å². The molecule has 0 spiro atoms. The van der Waals surface area contributed by atoms with Gasteiger partial charge in [0, 0.05) is 12.6 Å². The van der Waals surface area contributed by atoms with Crippen LogP contribution < -0.4 is 14.8 Å². The zero-order valence-corrected chi connectivity index (χ0v) is 13.8. The molecule has 1 heterocycles. The number of thiophene rings is 1. The van der Waals surface area contributed by atoms with Crippen molar-refractivity contribution in [3.63, 3.8) is 0 Å². The molecule has 0 aliphatic carbocycles. The molecule has 9 heteroatoms. The second-order valence-corrected chi connectivity index (χ2v) is 5.54. The first-order valence-corrected chi connectivity index (χ1v) is 7.81. The highest BCUT2D eigenvalue weighted by molar-refractivity contribution is 7.07. The van der Waals surface area contributed by atoms with E-state index in [2.05, 4.69) is 5.32 Å². The minimum Gasteiger partial charge on any atom is -0.493 e. The molecule has 0 fully saturated rings. The highest BCUT2D eigenvalue weighted by Crippen LogP contribution is 2.34. The van der Waals surface area contributed by atoms with Gasteiger partial charge in [-0.1, -0.05) is 0 Å². The number of nitro groups is 1. The lowest BCUT2D eigenvalue weighted by Crippen LogP contribution is -2.28. The minimum absolute atomic E-state index is 0.0684. The van der Waals surface area contributed by atoms with Crippen molar-refractivity contribution in [1.29, 1.82) is 0 Å². The van der Waals surface area contributed by atoms with E-state index in [1.807, 2.05) is 0 Å². The summed E-state index contributed by atoms with van der Waals surface area (Å²) in [5, 5.41) is 27.2. The van der Waals surface area contributed by atoms with Gasteiger partial charge < -0.3 is 19.9 Å². The Bertz CT molecular complexity index is 732. The summed E-state index contributed by atoms with van der Waals surface area (Å²) in [6.07, 6.45) is -0.889. The predicted molar refractivity (Wildman–Crippen MR) is 87.8 cm³/mol. The fourth-order valence-electron chi connectivity index (χ4n) is 2.07. The zero-order chi connectivity index (χ0) is 17.7. The number of aliphatic hydroxyl groups is 1. The second kappa shape index (κ2) is 7.75. The molecule has 2 rings (SSSR count). The topological polar surface area (TPSA) is 111 Å². The van der Waals surface area contributed by atoms with Crippen molar-refractivity contribution in [2.75, 3.05) is 20.8 Å². The van der Waals surface area contributed by atoms with E-state index in [0.29, 0.717) is 5.56 Å². The Hall–Kier alpha value is -2.65. The Labute approximate surface area is 141 Å². The number of amides is 1. The summed E-state index contributed by atoms with van der Waals surface area (Å²) in [4.78, 5) is 22.8. The molecule has 2 N–H and O–H groups in total. The van der Waals surface area contributed by atoms with Gasteiger partial charge in [0.05, 0.1) is 31.3 Å². The summed E-state index contributed by atoms with van der Waals surface area (Å²) in [5.74, 6) is -0.331. The number of aliphatic hydroxyl groups excluding tert-OH is 1. The molecule has 0 radical (unpaired) electrons. The monoisotopic (exact) mass is 352 g/mol. The van der Waals surface area contributed by atoms with Gasteiger partial charge in [-0.05, 0) is 22.4 Å². The molecule has 0 saturated heterocycles. The van der Waals surface area contributed by atoms with Crippen LogP contribution in [0.5, 0.6) is 11.5 Å². The standard InChI is InChI=1S/C15H16N2O6S/c1-22-13-5-10(11(17(20)21)6-14(13)23-2)15(19)16-7-12(18)9-3-4-24-8-9/h3-6,8,12,18H,7H2,1-2H3,(H,16,19). The first kappa shape index (κ1) is 17.7. The molecule has 0 aliphatic heterocycles. The van der Waals surface area contributed by atoms with Crippen molar-refractivity contribution < 1.29 is 24.3 Å². The van der Waals surface area contributed by atoms with E-state index < -0.39 is 22.6 Å². The predicted octanol–water partition coefficient (Wildman–Crippen LogP) is 2.14. The quantitative estimate of drug-likeness (QED) is 0.583. The number of nitro benzene ring substituents is 1. The smallest absolute Gasteiger partial charge is 0.286 e. The molecular weight excluding hydrogens is 336 g/mol. The summed E-state index contributed by atoms with van der Waals surface area (Å²) in [6, 6.07) is 4.10. The molecule has 8 nitrogen and oxygen atoms in total. The molecule has 1 amide bonds. The molecule has 0 saturated carbocycles. The highest BCUT2D eigenvalue weighted by Gasteiger charge is 2.25. The third-order valence-corrected chi connectivity index (χ3v) is 4.03. The average Bonchev–Trinajstić information content (AvgIpc) is 3.12. The number of nitrogens with zero attached hydrogens (tertiary/aromatic N) is 1. The van der Waals surface area contributed by atoms with E-state index in [-0.39, 0.29) is 23.6 Å². The fraction of sp³-hybridized carbons (Fsp3) is 0.267. The Kier molecular flexibility index (Phi) is 5.72. The van der Waals surface area contributed by atoms with Gasteiger partial charge in [0.1, 0.15) is 5.56 Å². The Morgan fingerprint density at radius 3 is 2.58 bits per heavy atom. The maximum atomic E-state index is 12.3. The molecule has 0 bridgehead atoms. The SMILES string of the molecule is COc1cc(C(=O)NCC(O)c2ccsc2)c([N+](=O)[O-])cc1OC. The van der Waals surface area contributed by atoms with Crippen LogP contribution in [0.1, 0.15) is 22.0 Å². The number of hydrogen-bond acceptors (Lipinski definition) is 7. The van der Waals surface area contributed by atoms with Gasteiger partial charge in [0.15, 0.2) is 11.5 Å². The summed E-state index contributed by atoms with van der Waals surface area (Å²) < 4.78 is 10.1. The van der Waals surface area contributed by atoms with E-state index in [1.165, 1.54) is 31.6 Å². The summed E-state index contributed by atoms with van der Waals surface area (Å²) >= 11 is 1.42. The van der Waals surface area contributed by atoms with Crippen LogP contribution in [0.25, 0.3) is 0 Å². The van der Waals surface area contributed by atoms with Crippen molar-refractivity contribution in [2.24, 2.45) is 0 Å². The maximum absolute atomic E-state index is 12.3. The first-order valence-electron chi connectivity index (χ1n) is 6.86. The molecular formula is C15H16N2O6S. The number of ether oxygens (including phenoxy) is 2. The maximum Gasteiger partial charge on any atom is 0.286 e. The summed E-state index contributed by atoms with van der Waals surface area (Å²) in [7, 11) is 2.71. The lowest BCUT2D eigenvalue weighted by Gasteiger charge is -2.13. The van der Waals surface area contributed by atoms with Crippen LogP contribution in [0.4, 0.5) is 5.69 Å². The Morgan fingerprint density at radius 2 is 2.04 bits per heavy atom.